The molecule has 0 amide bonds. The number of fused-ring (bicyclic) bond motifs is 2. The lowest BCUT2D eigenvalue weighted by Gasteiger charge is -2.23. The molecule has 2 aromatic rings. The molecule has 5 heteroatoms. The van der Waals surface area contributed by atoms with E-state index in [2.05, 4.69) is 35.6 Å². The Labute approximate surface area is 141 Å². The highest BCUT2D eigenvalue weighted by molar-refractivity contribution is 5.85. The van der Waals surface area contributed by atoms with Crippen molar-refractivity contribution in [2.45, 2.75) is 50.8 Å². The molecular weight excluding hydrogens is 306 g/mol. The fourth-order valence-electron chi connectivity index (χ4n) is 3.52. The first-order valence-corrected chi connectivity index (χ1v) is 8.40. The summed E-state index contributed by atoms with van der Waals surface area (Å²) in [6.07, 6.45) is -1.91. The van der Waals surface area contributed by atoms with Crippen molar-refractivity contribution >= 4 is 10.8 Å². The monoisotopic (exact) mass is 329 g/mol. The summed E-state index contributed by atoms with van der Waals surface area (Å²) in [6, 6.07) is 14.6. The van der Waals surface area contributed by atoms with Crippen LogP contribution in [0.2, 0.25) is 0 Å². The Kier molecular flexibility index (Phi) is 4.06. The number of aliphatic hydroxyl groups excluding tert-OH is 1. The van der Waals surface area contributed by atoms with Crippen molar-refractivity contribution in [3.8, 4) is 0 Å². The van der Waals surface area contributed by atoms with Gasteiger partial charge in [-0.2, -0.15) is 0 Å². The van der Waals surface area contributed by atoms with Crippen LogP contribution in [0, 0.1) is 0 Å². The zero-order valence-corrected chi connectivity index (χ0v) is 13.9. The fraction of sp³-hybridized carbons (Fsp3) is 0.474. The molecule has 2 aliphatic heterocycles. The van der Waals surface area contributed by atoms with Gasteiger partial charge in [0.05, 0.1) is 0 Å². The number of hydrogen-bond donors (Lipinski definition) is 2. The Morgan fingerprint density at radius 1 is 1.08 bits per heavy atom. The summed E-state index contributed by atoms with van der Waals surface area (Å²) in [6.45, 7) is 4.92. The van der Waals surface area contributed by atoms with E-state index in [-0.39, 0.29) is 6.10 Å². The van der Waals surface area contributed by atoms with E-state index in [0.29, 0.717) is 6.54 Å². The maximum absolute atomic E-state index is 10.4. The molecule has 2 saturated heterocycles. The SMILES string of the molecule is CC1(C)O[C@H]2O[C@H](CNCc3cccc4ccccc34)[C@H](O)[C@H]2O1. The fourth-order valence-corrected chi connectivity index (χ4v) is 3.52. The predicted octanol–water partition coefficient (Wildman–Crippen LogP) is 2.17. The Balaban J connectivity index is 1.37. The first-order chi connectivity index (χ1) is 11.5. The molecule has 0 saturated carbocycles. The van der Waals surface area contributed by atoms with E-state index in [1.54, 1.807) is 0 Å². The first kappa shape index (κ1) is 16.0. The molecule has 2 aromatic carbocycles. The van der Waals surface area contributed by atoms with Crippen LogP contribution in [0.25, 0.3) is 10.8 Å². The third kappa shape index (κ3) is 2.94. The normalized spacial score (nSPS) is 31.5. The van der Waals surface area contributed by atoms with Gasteiger partial charge >= 0.3 is 0 Å². The van der Waals surface area contributed by atoms with E-state index in [1.165, 1.54) is 16.3 Å². The number of hydrogen-bond acceptors (Lipinski definition) is 5. The van der Waals surface area contributed by atoms with Crippen molar-refractivity contribution in [2.75, 3.05) is 6.54 Å². The zero-order valence-electron chi connectivity index (χ0n) is 13.9. The van der Waals surface area contributed by atoms with Gasteiger partial charge < -0.3 is 24.6 Å². The molecule has 2 heterocycles. The quantitative estimate of drug-likeness (QED) is 0.900. The van der Waals surface area contributed by atoms with Crippen LogP contribution < -0.4 is 5.32 Å². The molecule has 0 bridgehead atoms. The molecule has 0 radical (unpaired) electrons. The van der Waals surface area contributed by atoms with Crippen LogP contribution >= 0.6 is 0 Å². The largest absolute Gasteiger partial charge is 0.387 e. The lowest BCUT2D eigenvalue weighted by molar-refractivity contribution is -0.214. The number of benzene rings is 2. The summed E-state index contributed by atoms with van der Waals surface area (Å²) in [5, 5.41) is 16.2. The van der Waals surface area contributed by atoms with E-state index in [0.717, 1.165) is 6.54 Å². The summed E-state index contributed by atoms with van der Waals surface area (Å²) < 4.78 is 17.2. The van der Waals surface area contributed by atoms with Crippen LogP contribution in [0.5, 0.6) is 0 Å². The van der Waals surface area contributed by atoms with Crippen molar-refractivity contribution < 1.29 is 19.3 Å². The molecule has 0 aliphatic carbocycles. The topological polar surface area (TPSA) is 60.0 Å². The molecule has 2 fully saturated rings. The van der Waals surface area contributed by atoms with Gasteiger partial charge in [0, 0.05) is 13.1 Å². The van der Waals surface area contributed by atoms with Crippen molar-refractivity contribution in [3.05, 3.63) is 48.0 Å². The van der Waals surface area contributed by atoms with Crippen molar-refractivity contribution in [2.24, 2.45) is 0 Å². The molecule has 4 atom stereocenters. The number of aliphatic hydroxyl groups is 1. The summed E-state index contributed by atoms with van der Waals surface area (Å²) in [5.74, 6) is -0.697. The van der Waals surface area contributed by atoms with Gasteiger partial charge in [0.1, 0.15) is 18.3 Å². The Hall–Kier alpha value is -1.50. The van der Waals surface area contributed by atoms with E-state index < -0.39 is 24.3 Å². The van der Waals surface area contributed by atoms with Gasteiger partial charge in [-0.05, 0) is 30.2 Å². The van der Waals surface area contributed by atoms with E-state index in [4.69, 9.17) is 14.2 Å². The minimum Gasteiger partial charge on any atom is -0.387 e. The summed E-state index contributed by atoms with van der Waals surface area (Å²) in [5.41, 5.74) is 1.23. The molecular formula is C19H23NO4. The number of rotatable bonds is 4. The Morgan fingerprint density at radius 2 is 1.88 bits per heavy atom. The molecule has 0 unspecified atom stereocenters. The van der Waals surface area contributed by atoms with Crippen LogP contribution in [-0.2, 0) is 20.8 Å². The van der Waals surface area contributed by atoms with E-state index >= 15 is 0 Å². The summed E-state index contributed by atoms with van der Waals surface area (Å²) in [4.78, 5) is 0. The summed E-state index contributed by atoms with van der Waals surface area (Å²) in [7, 11) is 0. The van der Waals surface area contributed by atoms with Gasteiger partial charge in [-0.25, -0.2) is 0 Å². The molecule has 24 heavy (non-hydrogen) atoms. The molecule has 0 spiro atoms. The molecule has 5 nitrogen and oxygen atoms in total. The third-order valence-electron chi connectivity index (χ3n) is 4.66. The van der Waals surface area contributed by atoms with Gasteiger partial charge in [0.25, 0.3) is 0 Å². The van der Waals surface area contributed by atoms with Gasteiger partial charge in [-0.3, -0.25) is 0 Å². The van der Waals surface area contributed by atoms with Crippen molar-refractivity contribution in [1.29, 1.82) is 0 Å². The average Bonchev–Trinajstić information content (AvgIpc) is 3.01. The Morgan fingerprint density at radius 3 is 2.71 bits per heavy atom. The lowest BCUT2D eigenvalue weighted by atomic mass is 10.0. The second-order valence-electron chi connectivity index (χ2n) is 6.90. The first-order valence-electron chi connectivity index (χ1n) is 8.40. The van der Waals surface area contributed by atoms with Gasteiger partial charge in [0.2, 0.25) is 0 Å². The average molecular weight is 329 g/mol. The van der Waals surface area contributed by atoms with E-state index in [9.17, 15) is 5.11 Å². The maximum atomic E-state index is 10.4. The Bertz CT molecular complexity index is 727. The molecule has 4 rings (SSSR count). The van der Waals surface area contributed by atoms with Crippen LogP contribution in [0.1, 0.15) is 19.4 Å². The molecule has 2 aliphatic rings. The summed E-state index contributed by atoms with van der Waals surface area (Å²) >= 11 is 0. The van der Waals surface area contributed by atoms with Crippen LogP contribution in [-0.4, -0.2) is 42.0 Å². The van der Waals surface area contributed by atoms with Crippen LogP contribution in [0.15, 0.2) is 42.5 Å². The number of ether oxygens (including phenoxy) is 3. The minimum atomic E-state index is -0.697. The van der Waals surface area contributed by atoms with Crippen molar-refractivity contribution in [3.63, 3.8) is 0 Å². The van der Waals surface area contributed by atoms with E-state index in [1.807, 2.05) is 26.0 Å². The molecule has 128 valence electrons. The third-order valence-corrected chi connectivity index (χ3v) is 4.66. The number of nitrogens with one attached hydrogen (secondary N) is 1. The second kappa shape index (κ2) is 6.10. The van der Waals surface area contributed by atoms with Gasteiger partial charge in [-0.1, -0.05) is 42.5 Å². The van der Waals surface area contributed by atoms with Gasteiger partial charge in [-0.15, -0.1) is 0 Å². The highest BCUT2D eigenvalue weighted by atomic mass is 16.8. The highest BCUT2D eigenvalue weighted by Gasteiger charge is 2.53. The standard InChI is InChI=1S/C19H23NO4/c1-19(2)23-17-16(21)15(22-18(17)24-19)11-20-10-13-8-5-7-12-6-3-4-9-14(12)13/h3-9,15-18,20-21H,10-11H2,1-2H3/t15-,16+,17-,18-/m1/s1. The predicted molar refractivity (Wildman–Crippen MR) is 90.4 cm³/mol. The van der Waals surface area contributed by atoms with Crippen LogP contribution in [0.3, 0.4) is 0 Å². The zero-order chi connectivity index (χ0) is 16.7. The van der Waals surface area contributed by atoms with Crippen LogP contribution in [0.4, 0.5) is 0 Å². The smallest absolute Gasteiger partial charge is 0.190 e. The van der Waals surface area contributed by atoms with Crippen molar-refractivity contribution in [1.82, 2.24) is 5.32 Å². The van der Waals surface area contributed by atoms with Gasteiger partial charge in [0.15, 0.2) is 12.1 Å². The second-order valence-corrected chi connectivity index (χ2v) is 6.90. The molecule has 2 N–H and O–H groups in total. The maximum Gasteiger partial charge on any atom is 0.190 e. The molecule has 0 aromatic heterocycles. The lowest BCUT2D eigenvalue weighted by Crippen LogP contribution is -2.39. The highest BCUT2D eigenvalue weighted by Crippen LogP contribution is 2.37. The minimum absolute atomic E-state index is 0.328.